The lowest BCUT2D eigenvalue weighted by atomic mass is 10.1. The van der Waals surface area contributed by atoms with E-state index in [-0.39, 0.29) is 16.9 Å². The van der Waals surface area contributed by atoms with E-state index in [0.29, 0.717) is 17.0 Å². The van der Waals surface area contributed by atoms with E-state index in [1.807, 2.05) is 0 Å². The number of carboxylic acid groups (broad SMARTS) is 1. The van der Waals surface area contributed by atoms with Crippen LogP contribution in [0, 0.1) is 5.82 Å². The lowest BCUT2D eigenvalue weighted by Crippen LogP contribution is -2.35. The van der Waals surface area contributed by atoms with Crippen LogP contribution < -0.4 is 10.4 Å². The zero-order valence-electron chi connectivity index (χ0n) is 14.8. The van der Waals surface area contributed by atoms with E-state index in [2.05, 4.69) is 5.43 Å². The fraction of sp³-hybridized carbons (Fsp3) is 0. The summed E-state index contributed by atoms with van der Waals surface area (Å²) in [5.41, 5.74) is 3.25. The maximum Gasteiger partial charge on any atom is 0.335 e. The summed E-state index contributed by atoms with van der Waals surface area (Å²) < 4.78 is 18.7. The predicted octanol–water partition coefficient (Wildman–Crippen LogP) is 3.25. The van der Waals surface area contributed by atoms with E-state index in [1.165, 1.54) is 42.5 Å². The lowest BCUT2D eigenvalue weighted by molar-refractivity contribution is -0.117. The smallest absolute Gasteiger partial charge is 0.335 e. The SMILES string of the molecule is O=C1NN(c2ccc(F)cc2)C(=O)C1=Cc1ccc(-c2cccc(C(=O)O)c2)o1. The highest BCUT2D eigenvalue weighted by atomic mass is 19.1. The van der Waals surface area contributed by atoms with Crippen molar-refractivity contribution in [2.24, 2.45) is 0 Å². The zero-order chi connectivity index (χ0) is 20.5. The molecular formula is C21H13FN2O5. The minimum atomic E-state index is -1.06. The summed E-state index contributed by atoms with van der Waals surface area (Å²) in [6.07, 6.45) is 1.30. The van der Waals surface area contributed by atoms with Crippen LogP contribution in [0.15, 0.2) is 70.7 Å². The van der Waals surface area contributed by atoms with E-state index < -0.39 is 23.6 Å². The van der Waals surface area contributed by atoms with Crippen molar-refractivity contribution in [1.82, 2.24) is 5.43 Å². The highest BCUT2D eigenvalue weighted by Crippen LogP contribution is 2.26. The molecule has 0 saturated carbocycles. The summed E-state index contributed by atoms with van der Waals surface area (Å²) in [4.78, 5) is 35.9. The van der Waals surface area contributed by atoms with Crippen LogP contribution in [-0.2, 0) is 9.59 Å². The molecule has 144 valence electrons. The highest BCUT2D eigenvalue weighted by Gasteiger charge is 2.34. The van der Waals surface area contributed by atoms with Crippen molar-refractivity contribution >= 4 is 29.5 Å². The van der Waals surface area contributed by atoms with Gasteiger partial charge < -0.3 is 9.52 Å². The molecule has 4 rings (SSSR count). The van der Waals surface area contributed by atoms with Crippen LogP contribution in [0.1, 0.15) is 16.1 Å². The number of aromatic carboxylic acids is 1. The summed E-state index contributed by atoms with van der Waals surface area (Å²) >= 11 is 0. The molecule has 0 bridgehead atoms. The third-order valence-corrected chi connectivity index (χ3v) is 4.28. The Kier molecular flexibility index (Phi) is 4.44. The number of carboxylic acids is 1. The van der Waals surface area contributed by atoms with Crippen molar-refractivity contribution in [3.8, 4) is 11.3 Å². The van der Waals surface area contributed by atoms with E-state index in [0.717, 1.165) is 5.01 Å². The number of hydrogen-bond donors (Lipinski definition) is 2. The van der Waals surface area contributed by atoms with E-state index >= 15 is 0 Å². The van der Waals surface area contributed by atoms with Gasteiger partial charge in [-0.3, -0.25) is 15.0 Å². The lowest BCUT2D eigenvalue weighted by Gasteiger charge is -2.14. The van der Waals surface area contributed by atoms with Crippen molar-refractivity contribution in [3.05, 3.63) is 83.4 Å². The van der Waals surface area contributed by atoms with E-state index in [4.69, 9.17) is 9.52 Å². The van der Waals surface area contributed by atoms with Gasteiger partial charge in [-0.25, -0.2) is 14.2 Å². The van der Waals surface area contributed by atoms with Gasteiger partial charge in [0.15, 0.2) is 0 Å². The molecule has 0 aliphatic carbocycles. The van der Waals surface area contributed by atoms with E-state index in [9.17, 15) is 18.8 Å². The van der Waals surface area contributed by atoms with Gasteiger partial charge >= 0.3 is 5.97 Å². The number of carbonyl (C=O) groups excluding carboxylic acids is 2. The molecule has 8 heteroatoms. The number of nitrogens with zero attached hydrogens (tertiary/aromatic N) is 1. The Morgan fingerprint density at radius 1 is 1.07 bits per heavy atom. The van der Waals surface area contributed by atoms with Crippen LogP contribution in [-0.4, -0.2) is 22.9 Å². The Hall–Kier alpha value is -4.20. The molecule has 2 amide bonds. The molecule has 3 aromatic rings. The van der Waals surface area contributed by atoms with Gasteiger partial charge in [0.05, 0.1) is 11.3 Å². The molecule has 0 atom stereocenters. The average Bonchev–Trinajstić information content (AvgIpc) is 3.29. The molecule has 29 heavy (non-hydrogen) atoms. The van der Waals surface area contributed by atoms with Crippen molar-refractivity contribution in [3.63, 3.8) is 0 Å². The van der Waals surface area contributed by atoms with Crippen LogP contribution in [0.2, 0.25) is 0 Å². The van der Waals surface area contributed by atoms with Crippen molar-refractivity contribution < 1.29 is 28.3 Å². The fourth-order valence-corrected chi connectivity index (χ4v) is 2.86. The first-order valence-electron chi connectivity index (χ1n) is 8.48. The highest BCUT2D eigenvalue weighted by molar-refractivity contribution is 6.31. The standard InChI is InChI=1S/C21H13FN2O5/c22-14-4-6-15(7-5-14)24-20(26)17(19(25)23-24)11-16-8-9-18(29-16)12-2-1-3-13(10-12)21(27)28/h1-11H,(H,23,25)(H,27,28). The Morgan fingerprint density at radius 2 is 1.83 bits per heavy atom. The summed E-state index contributed by atoms with van der Waals surface area (Å²) in [6.45, 7) is 0. The molecule has 1 fully saturated rings. The Bertz CT molecular complexity index is 1160. The molecule has 2 aromatic carbocycles. The number of furan rings is 1. The van der Waals surface area contributed by atoms with Gasteiger partial charge in [-0.1, -0.05) is 12.1 Å². The van der Waals surface area contributed by atoms with Gasteiger partial charge in [0.25, 0.3) is 11.8 Å². The largest absolute Gasteiger partial charge is 0.478 e. The quantitative estimate of drug-likeness (QED) is 0.525. The summed E-state index contributed by atoms with van der Waals surface area (Å²) in [5, 5.41) is 10.1. The number of halogens is 1. The van der Waals surface area contributed by atoms with Crippen molar-refractivity contribution in [2.75, 3.05) is 5.01 Å². The van der Waals surface area contributed by atoms with Gasteiger partial charge in [0, 0.05) is 5.56 Å². The van der Waals surface area contributed by atoms with Crippen molar-refractivity contribution in [2.45, 2.75) is 0 Å². The number of rotatable bonds is 4. The first-order chi connectivity index (χ1) is 13.9. The van der Waals surface area contributed by atoms with E-state index in [1.54, 1.807) is 24.3 Å². The van der Waals surface area contributed by atoms with Gasteiger partial charge in [0.2, 0.25) is 0 Å². The predicted molar refractivity (Wildman–Crippen MR) is 101 cm³/mol. The molecule has 1 aliphatic heterocycles. The molecular weight excluding hydrogens is 379 g/mol. The van der Waals surface area contributed by atoms with Crippen molar-refractivity contribution in [1.29, 1.82) is 0 Å². The molecule has 1 saturated heterocycles. The summed E-state index contributed by atoms with van der Waals surface area (Å²) in [6, 6.07) is 14.5. The Balaban J connectivity index is 1.61. The molecule has 7 nitrogen and oxygen atoms in total. The summed E-state index contributed by atoms with van der Waals surface area (Å²) in [5.74, 6) is -2.11. The minimum absolute atomic E-state index is 0.110. The second-order valence-electron chi connectivity index (χ2n) is 6.20. The van der Waals surface area contributed by atoms with Gasteiger partial charge in [-0.2, -0.15) is 0 Å². The molecule has 2 heterocycles. The maximum absolute atomic E-state index is 13.1. The Labute approximate surface area is 163 Å². The number of carbonyl (C=O) groups is 3. The normalized spacial score (nSPS) is 15.1. The molecule has 0 spiro atoms. The summed E-state index contributed by atoms with van der Waals surface area (Å²) in [7, 11) is 0. The van der Waals surface area contributed by atoms with Crippen LogP contribution in [0.3, 0.4) is 0 Å². The number of anilines is 1. The number of amides is 2. The molecule has 2 N–H and O–H groups in total. The number of hydrazine groups is 1. The van der Waals surface area contributed by atoms with Gasteiger partial charge in [-0.05, 0) is 54.6 Å². The second kappa shape index (κ2) is 7.08. The van der Waals surface area contributed by atoms with Crippen LogP contribution >= 0.6 is 0 Å². The number of benzene rings is 2. The third-order valence-electron chi connectivity index (χ3n) is 4.28. The van der Waals surface area contributed by atoms with Crippen LogP contribution in [0.5, 0.6) is 0 Å². The van der Waals surface area contributed by atoms with Gasteiger partial charge in [-0.15, -0.1) is 0 Å². The van der Waals surface area contributed by atoms with Gasteiger partial charge in [0.1, 0.15) is 22.9 Å². The molecule has 0 unspecified atom stereocenters. The van der Waals surface area contributed by atoms with Crippen LogP contribution in [0.4, 0.5) is 10.1 Å². The number of nitrogens with one attached hydrogen (secondary N) is 1. The first kappa shape index (κ1) is 18.2. The topological polar surface area (TPSA) is 99.9 Å². The Morgan fingerprint density at radius 3 is 2.55 bits per heavy atom. The third kappa shape index (κ3) is 3.51. The maximum atomic E-state index is 13.1. The molecule has 1 aliphatic rings. The fourth-order valence-electron chi connectivity index (χ4n) is 2.86. The molecule has 0 radical (unpaired) electrons. The van der Waals surface area contributed by atoms with Crippen LogP contribution in [0.25, 0.3) is 17.4 Å². The average molecular weight is 392 g/mol. The molecule has 1 aromatic heterocycles. The zero-order valence-corrected chi connectivity index (χ0v) is 14.8. The monoisotopic (exact) mass is 392 g/mol. The minimum Gasteiger partial charge on any atom is -0.478 e. The second-order valence-corrected chi connectivity index (χ2v) is 6.20. The number of hydrogen-bond acceptors (Lipinski definition) is 4. The first-order valence-corrected chi connectivity index (χ1v) is 8.48.